The second kappa shape index (κ2) is 5.69. The molecule has 0 amide bonds. The summed E-state index contributed by atoms with van der Waals surface area (Å²) in [6, 6.07) is 4.06. The van der Waals surface area contributed by atoms with Gasteiger partial charge in [-0.05, 0) is 32.0 Å². The highest BCUT2D eigenvalue weighted by Crippen LogP contribution is 2.27. The minimum Gasteiger partial charge on any atom is -0.510 e. The zero-order valence-electron chi connectivity index (χ0n) is 14.0. The van der Waals surface area contributed by atoms with E-state index in [4.69, 9.17) is 5.41 Å². The number of hydrogen-bond acceptors (Lipinski definition) is 6. The lowest BCUT2D eigenvalue weighted by atomic mass is 10.2. The molecule has 0 atom stereocenters. The van der Waals surface area contributed by atoms with Crippen molar-refractivity contribution in [2.45, 2.75) is 24.8 Å². The van der Waals surface area contributed by atoms with Crippen molar-refractivity contribution in [2.24, 2.45) is 0 Å². The zero-order valence-corrected chi connectivity index (χ0v) is 14.8. The number of nitrogens with zero attached hydrogens (tertiary/aromatic N) is 2. The van der Waals surface area contributed by atoms with Gasteiger partial charge in [-0.1, -0.05) is 0 Å². The molecule has 0 saturated heterocycles. The number of aliphatic hydroxyl groups excluding tert-OH is 1. The Balaban J connectivity index is 2.20. The minimum atomic E-state index is -3.44. The van der Waals surface area contributed by atoms with Crippen molar-refractivity contribution in [3.05, 3.63) is 40.1 Å². The van der Waals surface area contributed by atoms with Gasteiger partial charge >= 0.3 is 0 Å². The summed E-state index contributed by atoms with van der Waals surface area (Å²) in [5, 5.41) is 18.7. The lowest BCUT2D eigenvalue weighted by Crippen LogP contribution is -2.33. The van der Waals surface area contributed by atoms with Gasteiger partial charge in [-0.2, -0.15) is 0 Å². The maximum Gasteiger partial charge on any atom is 0.259 e. The Kier molecular flexibility index (Phi) is 3.91. The van der Waals surface area contributed by atoms with Gasteiger partial charge < -0.3 is 15.0 Å². The summed E-state index contributed by atoms with van der Waals surface area (Å²) in [7, 11) is -3.44. The van der Waals surface area contributed by atoms with Crippen LogP contribution in [0.1, 0.15) is 19.7 Å². The maximum absolute atomic E-state index is 12.3. The number of amidine groups is 1. The van der Waals surface area contributed by atoms with Crippen molar-refractivity contribution < 1.29 is 13.5 Å². The van der Waals surface area contributed by atoms with Crippen LogP contribution in [0.4, 0.5) is 0 Å². The molecule has 9 heteroatoms. The van der Waals surface area contributed by atoms with Crippen molar-refractivity contribution in [3.63, 3.8) is 0 Å². The smallest absolute Gasteiger partial charge is 0.259 e. The van der Waals surface area contributed by atoms with Crippen LogP contribution in [0.15, 0.2) is 33.6 Å². The molecular formula is C16H18N4O4S. The Labute approximate surface area is 144 Å². The van der Waals surface area contributed by atoms with E-state index in [1.54, 1.807) is 4.90 Å². The highest BCUT2D eigenvalue weighted by atomic mass is 32.2. The summed E-state index contributed by atoms with van der Waals surface area (Å²) in [6.45, 7) is 3.94. The first-order valence-electron chi connectivity index (χ1n) is 7.61. The van der Waals surface area contributed by atoms with Crippen molar-refractivity contribution in [3.8, 4) is 0 Å². The summed E-state index contributed by atoms with van der Waals surface area (Å²) >= 11 is 0. The monoisotopic (exact) mass is 362 g/mol. The van der Waals surface area contributed by atoms with Crippen LogP contribution in [0, 0.1) is 5.41 Å². The van der Waals surface area contributed by atoms with Gasteiger partial charge in [0.15, 0.2) is 9.84 Å². The van der Waals surface area contributed by atoms with E-state index >= 15 is 0 Å². The van der Waals surface area contributed by atoms with Gasteiger partial charge in [-0.25, -0.2) is 13.4 Å². The predicted octanol–water partition coefficient (Wildman–Crippen LogP) is 1.30. The first-order valence-corrected chi connectivity index (χ1v) is 9.51. The summed E-state index contributed by atoms with van der Waals surface area (Å²) < 4.78 is 23.4. The number of fused-ring (bicyclic) bond motifs is 1. The van der Waals surface area contributed by atoms with E-state index in [0.29, 0.717) is 0 Å². The van der Waals surface area contributed by atoms with Crippen LogP contribution in [0.2, 0.25) is 0 Å². The largest absolute Gasteiger partial charge is 0.510 e. The first-order chi connectivity index (χ1) is 11.6. The number of sulfone groups is 1. The van der Waals surface area contributed by atoms with Crippen LogP contribution in [0.5, 0.6) is 0 Å². The summed E-state index contributed by atoms with van der Waals surface area (Å²) in [6.07, 6.45) is 1.07. The molecule has 1 aliphatic rings. The molecule has 1 aliphatic heterocycles. The third-order valence-corrected chi connectivity index (χ3v) is 5.21. The van der Waals surface area contributed by atoms with E-state index in [1.807, 2.05) is 13.8 Å². The molecule has 0 fully saturated rings. The lowest BCUT2D eigenvalue weighted by molar-refractivity contribution is 0.318. The minimum absolute atomic E-state index is 0.00355. The molecule has 0 unspecified atom stereocenters. The van der Waals surface area contributed by atoms with Gasteiger partial charge in [0.05, 0.1) is 27.9 Å². The quantitative estimate of drug-likeness (QED) is 0.755. The Morgan fingerprint density at radius 3 is 2.60 bits per heavy atom. The molecule has 132 valence electrons. The van der Waals surface area contributed by atoms with Crippen molar-refractivity contribution in [2.75, 3.05) is 12.8 Å². The van der Waals surface area contributed by atoms with E-state index in [1.165, 1.54) is 18.2 Å². The molecule has 0 spiro atoms. The van der Waals surface area contributed by atoms with Gasteiger partial charge in [0, 0.05) is 12.3 Å². The summed E-state index contributed by atoms with van der Waals surface area (Å²) in [5.74, 6) is 0.0588. The zero-order chi connectivity index (χ0) is 18.5. The lowest BCUT2D eigenvalue weighted by Gasteiger charge is -2.22. The third-order valence-electron chi connectivity index (χ3n) is 4.10. The fourth-order valence-corrected chi connectivity index (χ4v) is 3.40. The Morgan fingerprint density at radius 2 is 2.04 bits per heavy atom. The highest BCUT2D eigenvalue weighted by molar-refractivity contribution is 7.90. The normalized spacial score (nSPS) is 15.7. The molecule has 0 radical (unpaired) electrons. The van der Waals surface area contributed by atoms with Crippen LogP contribution < -0.4 is 5.56 Å². The van der Waals surface area contributed by atoms with Gasteiger partial charge in [0.2, 0.25) is 0 Å². The van der Waals surface area contributed by atoms with Crippen LogP contribution in [-0.4, -0.2) is 53.1 Å². The van der Waals surface area contributed by atoms with E-state index < -0.39 is 15.4 Å². The number of rotatable bonds is 3. The number of aromatic nitrogens is 2. The van der Waals surface area contributed by atoms with Crippen molar-refractivity contribution in [1.82, 2.24) is 14.9 Å². The number of H-pyrrole nitrogens is 1. The Bertz CT molecular complexity index is 1080. The van der Waals surface area contributed by atoms with Crippen molar-refractivity contribution >= 4 is 32.1 Å². The third kappa shape index (κ3) is 2.91. The summed E-state index contributed by atoms with van der Waals surface area (Å²) in [4.78, 5) is 20.9. The number of nitrogens with one attached hydrogen (secondary N) is 2. The van der Waals surface area contributed by atoms with Crippen LogP contribution in [0.25, 0.3) is 16.5 Å². The van der Waals surface area contributed by atoms with E-state index in [9.17, 15) is 18.3 Å². The average molecular weight is 362 g/mol. The second-order valence-electron chi connectivity index (χ2n) is 6.26. The molecule has 1 aromatic carbocycles. The van der Waals surface area contributed by atoms with Gasteiger partial charge in [0.25, 0.3) is 5.56 Å². The molecule has 2 heterocycles. The molecular weight excluding hydrogens is 344 g/mol. The molecule has 0 saturated carbocycles. The second-order valence-corrected chi connectivity index (χ2v) is 8.27. The molecule has 25 heavy (non-hydrogen) atoms. The number of benzene rings is 1. The van der Waals surface area contributed by atoms with Crippen LogP contribution in [-0.2, 0) is 9.84 Å². The maximum atomic E-state index is 12.3. The molecule has 0 bridgehead atoms. The Hall–Kier alpha value is -2.68. The fourth-order valence-electron chi connectivity index (χ4n) is 2.76. The molecule has 1 aromatic heterocycles. The average Bonchev–Trinajstić information content (AvgIpc) is 2.80. The van der Waals surface area contributed by atoms with Crippen LogP contribution in [0.3, 0.4) is 0 Å². The van der Waals surface area contributed by atoms with Gasteiger partial charge in [-0.3, -0.25) is 10.2 Å². The highest BCUT2D eigenvalue weighted by Gasteiger charge is 2.31. The predicted molar refractivity (Wildman–Crippen MR) is 94.6 cm³/mol. The van der Waals surface area contributed by atoms with Crippen molar-refractivity contribution in [1.29, 1.82) is 5.41 Å². The number of aromatic amines is 1. The van der Waals surface area contributed by atoms with E-state index in [2.05, 4.69) is 9.97 Å². The van der Waals surface area contributed by atoms with Crippen LogP contribution >= 0.6 is 0 Å². The SMILES string of the molecule is CC(C)N1CC(O)=C(c2nc3cc(S(C)(=O)=O)ccc3c(=O)[nH]2)C1=N. The van der Waals surface area contributed by atoms with Gasteiger partial charge in [-0.15, -0.1) is 0 Å². The molecule has 3 N–H and O–H groups in total. The number of aliphatic hydroxyl groups is 1. The summed E-state index contributed by atoms with van der Waals surface area (Å²) in [5.41, 5.74) is -0.119. The molecule has 8 nitrogen and oxygen atoms in total. The first kappa shape index (κ1) is 17.2. The molecule has 0 aliphatic carbocycles. The van der Waals surface area contributed by atoms with E-state index in [-0.39, 0.29) is 51.4 Å². The number of hydrogen-bond donors (Lipinski definition) is 3. The van der Waals surface area contributed by atoms with Gasteiger partial charge in [0.1, 0.15) is 17.4 Å². The topological polar surface area (TPSA) is 127 Å². The molecule has 3 rings (SSSR count). The fraction of sp³-hybridized carbons (Fsp3) is 0.312. The standard InChI is InChI=1S/C16H18N4O4S/c1-8(2)20-7-12(21)13(14(20)17)15-18-11-6-9(25(3,23)24)4-5-10(11)16(22)19-15/h4-6,8,17,21H,7H2,1-3H3,(H,18,19,22). The molecule has 2 aromatic rings. The Morgan fingerprint density at radius 1 is 1.36 bits per heavy atom. The van der Waals surface area contributed by atoms with E-state index in [0.717, 1.165) is 6.26 Å².